The molecule has 0 atom stereocenters. The number of amides is 2. The van der Waals surface area contributed by atoms with Crippen LogP contribution in [0, 0.1) is 20.2 Å². The number of nitro benzene ring substituents is 2. The number of nitrogens with one attached hydrogen (secondary N) is 2. The Balaban J connectivity index is 1.66. The standard InChI is InChI=1S/C18H9N5O6S3/c24-15-10(16(25)21-17(30)20-15)5-8-1-4-13(12(6-8)23(28)29)31-18-19-11-3-2-9(22(26)27)7-14(11)32-18/h1-7H,(H2,20,21,24,25,30). The van der Waals surface area contributed by atoms with Crippen molar-refractivity contribution < 1.29 is 19.4 Å². The number of nitrogens with zero attached hydrogens (tertiary/aromatic N) is 3. The van der Waals surface area contributed by atoms with Gasteiger partial charge in [0.1, 0.15) is 5.57 Å². The molecule has 3 aromatic rings. The molecule has 4 rings (SSSR count). The number of carbonyl (C=O) groups is 2. The van der Waals surface area contributed by atoms with Gasteiger partial charge >= 0.3 is 0 Å². The first-order chi connectivity index (χ1) is 15.2. The third-order valence-corrected chi connectivity index (χ3v) is 6.54. The molecule has 2 N–H and O–H groups in total. The van der Waals surface area contributed by atoms with Gasteiger partial charge in [-0.15, -0.1) is 11.3 Å². The first-order valence-corrected chi connectivity index (χ1v) is 10.6. The fourth-order valence-corrected chi connectivity index (χ4v) is 5.10. The lowest BCUT2D eigenvalue weighted by Crippen LogP contribution is -2.51. The minimum atomic E-state index is -0.705. The summed E-state index contributed by atoms with van der Waals surface area (Å²) in [6, 6.07) is 8.49. The van der Waals surface area contributed by atoms with Gasteiger partial charge in [0.25, 0.3) is 23.2 Å². The molecule has 1 saturated heterocycles. The number of nitro groups is 2. The lowest BCUT2D eigenvalue weighted by molar-refractivity contribution is -0.387. The second kappa shape index (κ2) is 8.41. The zero-order valence-corrected chi connectivity index (χ0v) is 18.0. The van der Waals surface area contributed by atoms with E-state index in [9.17, 15) is 29.8 Å². The van der Waals surface area contributed by atoms with Crippen LogP contribution in [-0.2, 0) is 9.59 Å². The molecule has 0 spiro atoms. The molecular weight excluding hydrogens is 478 g/mol. The molecule has 32 heavy (non-hydrogen) atoms. The summed E-state index contributed by atoms with van der Waals surface area (Å²) in [6.07, 6.45) is 1.23. The van der Waals surface area contributed by atoms with Crippen molar-refractivity contribution >= 4 is 79.9 Å². The highest BCUT2D eigenvalue weighted by Crippen LogP contribution is 2.40. The van der Waals surface area contributed by atoms with Gasteiger partial charge in [0.2, 0.25) is 0 Å². The van der Waals surface area contributed by atoms with Gasteiger partial charge in [-0.2, -0.15) is 0 Å². The minimum absolute atomic E-state index is 0.0716. The van der Waals surface area contributed by atoms with Crippen molar-refractivity contribution in [2.45, 2.75) is 9.24 Å². The smallest absolute Gasteiger partial charge is 0.283 e. The maximum absolute atomic E-state index is 12.0. The van der Waals surface area contributed by atoms with Gasteiger partial charge in [-0.25, -0.2) is 4.98 Å². The van der Waals surface area contributed by atoms with Gasteiger partial charge in [-0.05, 0) is 36.0 Å². The van der Waals surface area contributed by atoms with Gasteiger partial charge < -0.3 is 0 Å². The summed E-state index contributed by atoms with van der Waals surface area (Å²) in [7, 11) is 0. The van der Waals surface area contributed by atoms with Crippen LogP contribution in [0.5, 0.6) is 0 Å². The van der Waals surface area contributed by atoms with Crippen molar-refractivity contribution in [3.05, 3.63) is 67.8 Å². The van der Waals surface area contributed by atoms with Crippen molar-refractivity contribution in [2.24, 2.45) is 0 Å². The van der Waals surface area contributed by atoms with Crippen molar-refractivity contribution in [3.63, 3.8) is 0 Å². The SMILES string of the molecule is O=C1NC(=S)NC(=O)C1=Cc1ccc(Sc2nc3ccc([N+](=O)[O-])cc3s2)c([N+](=O)[O-])c1. The molecule has 1 aromatic heterocycles. The second-order valence-corrected chi connectivity index (χ2v) is 9.00. The van der Waals surface area contributed by atoms with Crippen LogP contribution in [0.25, 0.3) is 16.3 Å². The summed E-state index contributed by atoms with van der Waals surface area (Å²) in [4.78, 5) is 50.1. The van der Waals surface area contributed by atoms with E-state index in [2.05, 4.69) is 15.6 Å². The van der Waals surface area contributed by atoms with Gasteiger partial charge in [-0.1, -0.05) is 17.8 Å². The molecule has 1 aliphatic rings. The Morgan fingerprint density at radius 1 is 1.03 bits per heavy atom. The third-order valence-electron chi connectivity index (χ3n) is 4.19. The molecule has 0 saturated carbocycles. The molecule has 1 fully saturated rings. The van der Waals surface area contributed by atoms with E-state index in [1.165, 1.54) is 53.8 Å². The van der Waals surface area contributed by atoms with Crippen LogP contribution in [-0.4, -0.2) is 31.8 Å². The third kappa shape index (κ3) is 4.32. The fourth-order valence-electron chi connectivity index (χ4n) is 2.77. The number of non-ortho nitro benzene ring substituents is 1. The number of thiazole rings is 1. The van der Waals surface area contributed by atoms with E-state index < -0.39 is 21.7 Å². The Labute approximate surface area is 191 Å². The number of benzene rings is 2. The van der Waals surface area contributed by atoms with Crippen molar-refractivity contribution in [1.82, 2.24) is 15.6 Å². The average molecular weight is 488 g/mol. The van der Waals surface area contributed by atoms with E-state index in [4.69, 9.17) is 12.2 Å². The maximum atomic E-state index is 12.0. The normalized spacial score (nSPS) is 13.6. The highest BCUT2D eigenvalue weighted by atomic mass is 32.2. The number of hydrogen-bond donors (Lipinski definition) is 2. The summed E-state index contributed by atoms with van der Waals surface area (Å²) in [6.45, 7) is 0. The second-order valence-electron chi connectivity index (χ2n) is 6.27. The molecule has 14 heteroatoms. The highest BCUT2D eigenvalue weighted by Gasteiger charge is 2.26. The van der Waals surface area contributed by atoms with Gasteiger partial charge in [0.15, 0.2) is 9.45 Å². The topological polar surface area (TPSA) is 157 Å². The predicted octanol–water partition coefficient (Wildman–Crippen LogP) is 3.18. The van der Waals surface area contributed by atoms with Gasteiger partial charge in [0.05, 0.1) is 25.0 Å². The van der Waals surface area contributed by atoms with E-state index in [0.29, 0.717) is 14.6 Å². The van der Waals surface area contributed by atoms with Crippen molar-refractivity contribution in [2.75, 3.05) is 0 Å². The van der Waals surface area contributed by atoms with Crippen molar-refractivity contribution in [1.29, 1.82) is 0 Å². The van der Waals surface area contributed by atoms with E-state index >= 15 is 0 Å². The summed E-state index contributed by atoms with van der Waals surface area (Å²) in [5, 5.41) is 27.0. The molecule has 0 unspecified atom stereocenters. The number of aromatic nitrogens is 1. The largest absolute Gasteiger partial charge is 0.299 e. The highest BCUT2D eigenvalue weighted by molar-refractivity contribution is 8.01. The van der Waals surface area contributed by atoms with Crippen LogP contribution in [0.3, 0.4) is 0 Å². The number of hydrogen-bond acceptors (Lipinski definition) is 10. The Morgan fingerprint density at radius 2 is 1.75 bits per heavy atom. The Bertz CT molecular complexity index is 1360. The molecule has 0 bridgehead atoms. The number of rotatable bonds is 5. The lowest BCUT2D eigenvalue weighted by atomic mass is 10.1. The van der Waals surface area contributed by atoms with Crippen molar-refractivity contribution in [3.8, 4) is 0 Å². The zero-order chi connectivity index (χ0) is 23.0. The van der Waals surface area contributed by atoms with Crippen LogP contribution < -0.4 is 10.6 Å². The Hall–Kier alpha value is -3.75. The fraction of sp³-hybridized carbons (Fsp3) is 0. The molecule has 1 aliphatic heterocycles. The molecule has 0 radical (unpaired) electrons. The number of fused-ring (bicyclic) bond motifs is 1. The zero-order valence-electron chi connectivity index (χ0n) is 15.6. The van der Waals surface area contributed by atoms with Gasteiger partial charge in [-0.3, -0.25) is 40.5 Å². The monoisotopic (exact) mass is 487 g/mol. The quantitative estimate of drug-likeness (QED) is 0.181. The van der Waals surface area contributed by atoms with E-state index in [1.54, 1.807) is 0 Å². The van der Waals surface area contributed by atoms with Crippen LogP contribution in [0.1, 0.15) is 5.56 Å². The van der Waals surface area contributed by atoms with Crippen LogP contribution in [0.15, 0.2) is 51.2 Å². The predicted molar refractivity (Wildman–Crippen MR) is 120 cm³/mol. The average Bonchev–Trinajstić information content (AvgIpc) is 3.12. The van der Waals surface area contributed by atoms with Gasteiger partial charge in [0, 0.05) is 18.2 Å². The van der Waals surface area contributed by atoms with Crippen LogP contribution in [0.2, 0.25) is 0 Å². The first-order valence-electron chi connectivity index (χ1n) is 8.61. The summed E-state index contributed by atoms with van der Waals surface area (Å²) >= 11 is 6.94. The summed E-state index contributed by atoms with van der Waals surface area (Å²) < 4.78 is 1.05. The maximum Gasteiger partial charge on any atom is 0.283 e. The Morgan fingerprint density at radius 3 is 2.41 bits per heavy atom. The molecule has 2 aromatic carbocycles. The summed E-state index contributed by atoms with van der Waals surface area (Å²) in [5.74, 6) is -1.41. The Kier molecular flexibility index (Phi) is 5.65. The number of carbonyl (C=O) groups excluding carboxylic acids is 2. The van der Waals surface area contributed by atoms with E-state index in [1.807, 2.05) is 0 Å². The van der Waals surface area contributed by atoms with Crippen LogP contribution >= 0.6 is 35.3 Å². The number of thiocarbonyl (C=S) groups is 1. The molecular formula is C18H9N5O6S3. The summed E-state index contributed by atoms with van der Waals surface area (Å²) in [5.41, 5.74) is 0.258. The molecule has 2 heterocycles. The van der Waals surface area contributed by atoms with E-state index in [-0.39, 0.29) is 32.5 Å². The molecule has 160 valence electrons. The van der Waals surface area contributed by atoms with E-state index in [0.717, 1.165) is 11.8 Å². The van der Waals surface area contributed by atoms with Crippen LogP contribution in [0.4, 0.5) is 11.4 Å². The molecule has 11 nitrogen and oxygen atoms in total. The molecule has 0 aliphatic carbocycles. The first kappa shape index (κ1) is 21.5. The lowest BCUT2D eigenvalue weighted by Gasteiger charge is -2.16. The minimum Gasteiger partial charge on any atom is -0.299 e. The molecule has 2 amide bonds.